The molecule has 0 saturated carbocycles. The number of carbonyl (C=O) groups excluding carboxylic acids is 1. The first-order valence-corrected chi connectivity index (χ1v) is 7.61. The van der Waals surface area contributed by atoms with Crippen LogP contribution in [-0.2, 0) is 12.8 Å². The van der Waals surface area contributed by atoms with E-state index >= 15 is 0 Å². The topological polar surface area (TPSA) is 62.5 Å². The lowest BCUT2D eigenvalue weighted by Crippen LogP contribution is -2.46. The van der Waals surface area contributed by atoms with Gasteiger partial charge in [-0.25, -0.2) is 0 Å². The molecule has 2 aromatic rings. The number of furan rings is 1. The number of nitrogens with one attached hydrogen (secondary N) is 1. The fraction of sp³-hybridized carbons (Fsp3) is 0.389. The first kappa shape index (κ1) is 14.9. The van der Waals surface area contributed by atoms with Crippen molar-refractivity contribution in [2.75, 3.05) is 6.54 Å². The van der Waals surface area contributed by atoms with Crippen molar-refractivity contribution >= 4 is 5.91 Å². The molecule has 1 unspecified atom stereocenters. The van der Waals surface area contributed by atoms with Gasteiger partial charge in [0.2, 0.25) is 0 Å². The van der Waals surface area contributed by atoms with Crippen molar-refractivity contribution in [2.45, 2.75) is 38.7 Å². The van der Waals surface area contributed by atoms with E-state index in [1.165, 1.54) is 11.1 Å². The molecule has 1 aromatic carbocycles. The minimum Gasteiger partial charge on any atom is -0.466 e. The highest BCUT2D eigenvalue weighted by Crippen LogP contribution is 2.28. The van der Waals surface area contributed by atoms with Gasteiger partial charge in [0.05, 0.1) is 11.2 Å². The number of fused-ring (bicyclic) bond motifs is 1. The van der Waals surface area contributed by atoms with Crippen LogP contribution < -0.4 is 5.32 Å². The molecule has 1 heterocycles. The van der Waals surface area contributed by atoms with E-state index in [0.717, 1.165) is 6.42 Å². The molecule has 1 aliphatic rings. The second-order valence-corrected chi connectivity index (χ2v) is 6.18. The van der Waals surface area contributed by atoms with Crippen LogP contribution in [0.1, 0.15) is 39.4 Å². The Bertz CT molecular complexity index is 704. The molecule has 1 amide bonds. The van der Waals surface area contributed by atoms with E-state index in [0.29, 0.717) is 29.9 Å². The van der Waals surface area contributed by atoms with Crippen LogP contribution in [0.3, 0.4) is 0 Å². The SMILES string of the molecule is Cc1cc(C(=O)NCC2(O)CCc3ccccc3C2)c(C)o1. The second kappa shape index (κ2) is 5.61. The lowest BCUT2D eigenvalue weighted by atomic mass is 9.80. The molecule has 0 aliphatic heterocycles. The fourth-order valence-corrected chi connectivity index (χ4v) is 3.13. The van der Waals surface area contributed by atoms with E-state index in [4.69, 9.17) is 4.42 Å². The maximum atomic E-state index is 12.2. The quantitative estimate of drug-likeness (QED) is 0.915. The maximum Gasteiger partial charge on any atom is 0.254 e. The summed E-state index contributed by atoms with van der Waals surface area (Å²) in [7, 11) is 0. The summed E-state index contributed by atoms with van der Waals surface area (Å²) in [6, 6.07) is 9.89. The Morgan fingerprint density at radius 2 is 2.05 bits per heavy atom. The summed E-state index contributed by atoms with van der Waals surface area (Å²) in [6.45, 7) is 3.84. The summed E-state index contributed by atoms with van der Waals surface area (Å²) in [6.07, 6.45) is 2.08. The Morgan fingerprint density at radius 3 is 2.73 bits per heavy atom. The summed E-state index contributed by atoms with van der Waals surface area (Å²) in [4.78, 5) is 12.2. The van der Waals surface area contributed by atoms with Gasteiger partial charge in [-0.1, -0.05) is 24.3 Å². The summed E-state index contributed by atoms with van der Waals surface area (Å²) >= 11 is 0. The van der Waals surface area contributed by atoms with Crippen LogP contribution in [0, 0.1) is 13.8 Å². The van der Waals surface area contributed by atoms with Crippen molar-refractivity contribution in [1.82, 2.24) is 5.32 Å². The Morgan fingerprint density at radius 1 is 1.32 bits per heavy atom. The molecule has 0 saturated heterocycles. The van der Waals surface area contributed by atoms with Crippen molar-refractivity contribution < 1.29 is 14.3 Å². The zero-order valence-corrected chi connectivity index (χ0v) is 13.0. The molecule has 2 N–H and O–H groups in total. The number of aryl methyl sites for hydroxylation is 3. The highest BCUT2D eigenvalue weighted by atomic mass is 16.3. The summed E-state index contributed by atoms with van der Waals surface area (Å²) in [5.41, 5.74) is 2.12. The second-order valence-electron chi connectivity index (χ2n) is 6.18. The largest absolute Gasteiger partial charge is 0.466 e. The van der Waals surface area contributed by atoms with Gasteiger partial charge in [0.15, 0.2) is 0 Å². The van der Waals surface area contributed by atoms with Gasteiger partial charge in [-0.15, -0.1) is 0 Å². The highest BCUT2D eigenvalue weighted by Gasteiger charge is 2.32. The minimum atomic E-state index is -0.878. The van der Waals surface area contributed by atoms with Crippen LogP contribution >= 0.6 is 0 Å². The predicted molar refractivity (Wildman–Crippen MR) is 83.9 cm³/mol. The molecule has 1 aliphatic carbocycles. The van der Waals surface area contributed by atoms with Gasteiger partial charge in [0, 0.05) is 13.0 Å². The van der Waals surface area contributed by atoms with Crippen LogP contribution in [0.4, 0.5) is 0 Å². The Hall–Kier alpha value is -2.07. The van der Waals surface area contributed by atoms with Crippen LogP contribution in [0.2, 0.25) is 0 Å². The van der Waals surface area contributed by atoms with E-state index in [9.17, 15) is 9.90 Å². The normalized spacial score (nSPS) is 20.5. The van der Waals surface area contributed by atoms with Gasteiger partial charge in [-0.2, -0.15) is 0 Å². The Balaban J connectivity index is 1.66. The molecular formula is C18H21NO3. The third-order valence-corrected chi connectivity index (χ3v) is 4.36. The number of hydrogen-bond acceptors (Lipinski definition) is 3. The van der Waals surface area contributed by atoms with E-state index in [2.05, 4.69) is 11.4 Å². The smallest absolute Gasteiger partial charge is 0.254 e. The zero-order valence-electron chi connectivity index (χ0n) is 13.0. The first-order chi connectivity index (χ1) is 10.5. The average Bonchev–Trinajstić information content (AvgIpc) is 2.83. The number of rotatable bonds is 3. The Kier molecular flexibility index (Phi) is 3.79. The molecule has 3 rings (SSSR count). The molecular weight excluding hydrogens is 278 g/mol. The van der Waals surface area contributed by atoms with E-state index in [-0.39, 0.29) is 12.5 Å². The Labute approximate surface area is 130 Å². The molecule has 116 valence electrons. The van der Waals surface area contributed by atoms with Gasteiger partial charge in [0.1, 0.15) is 11.5 Å². The molecule has 0 fully saturated rings. The molecule has 4 nitrogen and oxygen atoms in total. The van der Waals surface area contributed by atoms with Crippen molar-refractivity contribution in [1.29, 1.82) is 0 Å². The first-order valence-electron chi connectivity index (χ1n) is 7.61. The monoisotopic (exact) mass is 299 g/mol. The molecule has 0 spiro atoms. The van der Waals surface area contributed by atoms with Gasteiger partial charge in [0.25, 0.3) is 5.91 Å². The highest BCUT2D eigenvalue weighted by molar-refractivity contribution is 5.95. The number of hydrogen-bond donors (Lipinski definition) is 2. The van der Waals surface area contributed by atoms with Crippen molar-refractivity contribution in [2.24, 2.45) is 0 Å². The molecule has 0 radical (unpaired) electrons. The molecule has 1 atom stereocenters. The fourth-order valence-electron chi connectivity index (χ4n) is 3.13. The molecule has 0 bridgehead atoms. The van der Waals surface area contributed by atoms with E-state index < -0.39 is 5.60 Å². The van der Waals surface area contributed by atoms with Crippen LogP contribution in [0.5, 0.6) is 0 Å². The van der Waals surface area contributed by atoms with E-state index in [1.807, 2.05) is 25.1 Å². The van der Waals surface area contributed by atoms with E-state index in [1.54, 1.807) is 13.0 Å². The standard InChI is InChI=1S/C18H21NO3/c1-12-9-16(13(2)22-12)17(20)19-11-18(21)8-7-14-5-3-4-6-15(14)10-18/h3-6,9,21H,7-8,10-11H2,1-2H3,(H,19,20). The van der Waals surface area contributed by atoms with Gasteiger partial charge in [-0.3, -0.25) is 4.79 Å². The number of aliphatic hydroxyl groups is 1. The van der Waals surface area contributed by atoms with Gasteiger partial charge < -0.3 is 14.8 Å². The lowest BCUT2D eigenvalue weighted by Gasteiger charge is -2.33. The summed E-state index contributed by atoms with van der Waals surface area (Å²) in [5, 5.41) is 13.6. The summed E-state index contributed by atoms with van der Waals surface area (Å²) < 4.78 is 5.38. The van der Waals surface area contributed by atoms with Crippen LogP contribution in [-0.4, -0.2) is 23.2 Å². The van der Waals surface area contributed by atoms with Gasteiger partial charge in [-0.05, 0) is 43.9 Å². The minimum absolute atomic E-state index is 0.193. The average molecular weight is 299 g/mol. The summed E-state index contributed by atoms with van der Waals surface area (Å²) in [5.74, 6) is 1.13. The predicted octanol–water partition coefficient (Wildman–Crippen LogP) is 2.55. The van der Waals surface area contributed by atoms with Crippen molar-refractivity contribution in [3.8, 4) is 0 Å². The van der Waals surface area contributed by atoms with Crippen molar-refractivity contribution in [3.63, 3.8) is 0 Å². The number of amides is 1. The lowest BCUT2D eigenvalue weighted by molar-refractivity contribution is 0.0259. The third kappa shape index (κ3) is 2.92. The molecule has 4 heteroatoms. The van der Waals surface area contributed by atoms with Crippen LogP contribution in [0.15, 0.2) is 34.7 Å². The molecule has 22 heavy (non-hydrogen) atoms. The number of benzene rings is 1. The maximum absolute atomic E-state index is 12.2. The van der Waals surface area contributed by atoms with Crippen LogP contribution in [0.25, 0.3) is 0 Å². The molecule has 1 aromatic heterocycles. The third-order valence-electron chi connectivity index (χ3n) is 4.36. The number of carbonyl (C=O) groups is 1. The zero-order chi connectivity index (χ0) is 15.7. The van der Waals surface area contributed by atoms with Crippen molar-refractivity contribution in [3.05, 3.63) is 58.5 Å². The van der Waals surface area contributed by atoms with Gasteiger partial charge >= 0.3 is 0 Å².